The van der Waals surface area contributed by atoms with Crippen LogP contribution in [0.15, 0.2) is 12.2 Å². The van der Waals surface area contributed by atoms with Crippen LogP contribution in [0, 0.1) is 36.0 Å². The molecule has 4 heteroatoms. The molecule has 2 aliphatic carbocycles. The number of amides is 2. The van der Waals surface area contributed by atoms with Gasteiger partial charge in [-0.25, -0.2) is 0 Å². The molecule has 0 aromatic rings. The van der Waals surface area contributed by atoms with Crippen LogP contribution in [-0.4, -0.2) is 54.9 Å². The van der Waals surface area contributed by atoms with Gasteiger partial charge in [-0.2, -0.15) is 0 Å². The van der Waals surface area contributed by atoms with E-state index in [0.717, 1.165) is 6.42 Å². The molecule has 0 aromatic heterocycles. The largest absolute Gasteiger partial charge is 0.317 e. The first-order valence-electron chi connectivity index (χ1n) is 7.23. The Morgan fingerprint density at radius 3 is 2.30 bits per heavy atom. The zero-order chi connectivity index (χ0) is 14.5. The number of quaternary nitrogens is 1. The number of likely N-dealkylation sites (tertiary alicyclic amines) is 1. The molecule has 0 N–H and O–H groups in total. The highest BCUT2D eigenvalue weighted by Crippen LogP contribution is 2.52. The molecule has 20 heavy (non-hydrogen) atoms. The first-order chi connectivity index (χ1) is 9.44. The van der Waals surface area contributed by atoms with Crippen LogP contribution in [0.5, 0.6) is 0 Å². The van der Waals surface area contributed by atoms with Crippen molar-refractivity contribution in [2.24, 2.45) is 23.7 Å². The van der Waals surface area contributed by atoms with Gasteiger partial charge < -0.3 is 4.48 Å². The van der Waals surface area contributed by atoms with Crippen molar-refractivity contribution in [2.45, 2.75) is 6.42 Å². The fraction of sp³-hybridized carbons (Fsp3) is 0.625. The second-order valence-corrected chi connectivity index (χ2v) is 6.85. The molecule has 106 valence electrons. The molecular formula is C16H21N2O2+. The van der Waals surface area contributed by atoms with Crippen molar-refractivity contribution < 1.29 is 14.1 Å². The molecular weight excluding hydrogens is 252 g/mol. The number of likely N-dealkylation sites (N-methyl/N-ethyl adjacent to an activating group) is 1. The van der Waals surface area contributed by atoms with Crippen molar-refractivity contribution in [1.82, 2.24) is 4.90 Å². The van der Waals surface area contributed by atoms with Gasteiger partial charge in [0.15, 0.2) is 0 Å². The summed E-state index contributed by atoms with van der Waals surface area (Å²) in [6, 6.07) is 0. The number of nitrogens with zero attached hydrogens (tertiary/aromatic N) is 2. The molecule has 0 radical (unpaired) electrons. The number of carbonyl (C=O) groups is 2. The van der Waals surface area contributed by atoms with Crippen LogP contribution < -0.4 is 0 Å². The molecule has 0 spiro atoms. The molecule has 1 saturated heterocycles. The molecule has 3 aliphatic rings. The molecule has 1 aliphatic heterocycles. The van der Waals surface area contributed by atoms with E-state index in [0.29, 0.717) is 36.0 Å². The maximum absolute atomic E-state index is 12.5. The zero-order valence-corrected chi connectivity index (χ0v) is 12.1. The second kappa shape index (κ2) is 4.46. The predicted molar refractivity (Wildman–Crippen MR) is 75.1 cm³/mol. The van der Waals surface area contributed by atoms with Crippen LogP contribution >= 0.6 is 0 Å². The van der Waals surface area contributed by atoms with Crippen LogP contribution in [0.4, 0.5) is 0 Å². The molecule has 4 nitrogen and oxygen atoms in total. The lowest BCUT2D eigenvalue weighted by Crippen LogP contribution is -2.47. The summed E-state index contributed by atoms with van der Waals surface area (Å²) in [6.45, 7) is 1.80. The smallest absolute Gasteiger partial charge is 0.233 e. The summed E-state index contributed by atoms with van der Waals surface area (Å²) in [4.78, 5) is 26.5. The molecule has 3 rings (SSSR count). The van der Waals surface area contributed by atoms with Crippen molar-refractivity contribution in [3.05, 3.63) is 12.2 Å². The third-order valence-corrected chi connectivity index (χ3v) is 5.01. The highest BCUT2D eigenvalue weighted by molar-refractivity contribution is 6.06. The summed E-state index contributed by atoms with van der Waals surface area (Å²) in [6.07, 6.45) is 10.6. The molecule has 4 atom stereocenters. The van der Waals surface area contributed by atoms with Crippen molar-refractivity contribution in [2.75, 3.05) is 33.7 Å². The Balaban J connectivity index is 1.70. The quantitative estimate of drug-likeness (QED) is 0.324. The lowest BCUT2D eigenvalue weighted by Gasteiger charge is -2.29. The van der Waals surface area contributed by atoms with E-state index in [1.54, 1.807) is 0 Å². The fourth-order valence-corrected chi connectivity index (χ4v) is 3.88. The SMILES string of the molecule is C#CC[N+](C)(C)CCN1C(=O)[C@@H]2[C@H](C1=O)[C@H]1C=C[C@H]2C1. The average Bonchev–Trinajstić information content (AvgIpc) is 3.03. The summed E-state index contributed by atoms with van der Waals surface area (Å²) in [7, 11) is 4.05. The average molecular weight is 273 g/mol. The molecule has 0 aromatic carbocycles. The van der Waals surface area contributed by atoms with E-state index in [2.05, 4.69) is 18.1 Å². The Labute approximate surface area is 120 Å². The minimum atomic E-state index is -0.0826. The minimum absolute atomic E-state index is 0.0394. The van der Waals surface area contributed by atoms with Crippen molar-refractivity contribution in [1.29, 1.82) is 0 Å². The third-order valence-electron chi connectivity index (χ3n) is 5.01. The monoisotopic (exact) mass is 273 g/mol. The summed E-state index contributed by atoms with van der Waals surface area (Å²) >= 11 is 0. The van der Waals surface area contributed by atoms with E-state index < -0.39 is 0 Å². The summed E-state index contributed by atoms with van der Waals surface area (Å²) in [5.41, 5.74) is 0. The van der Waals surface area contributed by atoms with E-state index in [-0.39, 0.29) is 23.7 Å². The summed E-state index contributed by atoms with van der Waals surface area (Å²) in [5.74, 6) is 3.14. The lowest BCUT2D eigenvalue weighted by atomic mass is 9.85. The van der Waals surface area contributed by atoms with Gasteiger partial charge in [-0.15, -0.1) is 6.42 Å². The molecule has 0 unspecified atom stereocenters. The maximum Gasteiger partial charge on any atom is 0.233 e. The van der Waals surface area contributed by atoms with E-state index in [1.807, 2.05) is 14.1 Å². The Morgan fingerprint density at radius 1 is 1.25 bits per heavy atom. The van der Waals surface area contributed by atoms with Gasteiger partial charge in [0.2, 0.25) is 11.8 Å². The van der Waals surface area contributed by atoms with E-state index in [4.69, 9.17) is 6.42 Å². The minimum Gasteiger partial charge on any atom is -0.317 e. The Kier molecular flexibility index (Phi) is 2.98. The standard InChI is InChI=1S/C16H21N2O2/c1-4-8-18(2,3)9-7-17-15(19)13-11-5-6-12(10-11)14(13)16(17)20/h1,5-6,11-14H,7-10H2,2-3H3/q+1/t11-,12-,13-,14+/m0/s1. The molecule has 1 heterocycles. The summed E-state index contributed by atoms with van der Waals surface area (Å²) in [5, 5.41) is 0. The van der Waals surface area contributed by atoms with Gasteiger partial charge in [0, 0.05) is 0 Å². The molecule has 2 amide bonds. The van der Waals surface area contributed by atoms with Gasteiger partial charge in [0.05, 0.1) is 39.0 Å². The molecule has 2 fully saturated rings. The van der Waals surface area contributed by atoms with Crippen LogP contribution in [-0.2, 0) is 9.59 Å². The number of terminal acetylenes is 1. The van der Waals surface area contributed by atoms with Crippen molar-refractivity contribution >= 4 is 11.8 Å². The Morgan fingerprint density at radius 2 is 1.80 bits per heavy atom. The maximum atomic E-state index is 12.5. The van der Waals surface area contributed by atoms with E-state index in [9.17, 15) is 9.59 Å². The number of fused-ring (bicyclic) bond motifs is 5. The Hall–Kier alpha value is -1.60. The van der Waals surface area contributed by atoms with Gasteiger partial charge in [-0.1, -0.05) is 12.2 Å². The number of rotatable bonds is 4. The number of hydrogen-bond acceptors (Lipinski definition) is 2. The highest BCUT2D eigenvalue weighted by Gasteiger charge is 2.59. The van der Waals surface area contributed by atoms with Gasteiger partial charge in [0.25, 0.3) is 0 Å². The first-order valence-corrected chi connectivity index (χ1v) is 7.23. The first kappa shape index (κ1) is 13.4. The number of carbonyl (C=O) groups excluding carboxylic acids is 2. The van der Waals surface area contributed by atoms with E-state index >= 15 is 0 Å². The van der Waals surface area contributed by atoms with Crippen LogP contribution in [0.2, 0.25) is 0 Å². The number of allylic oxidation sites excluding steroid dienone is 2. The number of imide groups is 1. The zero-order valence-electron chi connectivity index (χ0n) is 12.1. The van der Waals surface area contributed by atoms with Crippen molar-refractivity contribution in [3.63, 3.8) is 0 Å². The van der Waals surface area contributed by atoms with Crippen molar-refractivity contribution in [3.8, 4) is 12.3 Å². The second-order valence-electron chi connectivity index (χ2n) is 6.85. The van der Waals surface area contributed by atoms with Gasteiger partial charge in [0.1, 0.15) is 6.54 Å². The Bertz CT molecular complexity index is 499. The van der Waals surface area contributed by atoms with Gasteiger partial charge >= 0.3 is 0 Å². The fourth-order valence-electron chi connectivity index (χ4n) is 3.88. The third kappa shape index (κ3) is 1.89. The van der Waals surface area contributed by atoms with Gasteiger partial charge in [-0.05, 0) is 24.2 Å². The molecule has 1 saturated carbocycles. The lowest BCUT2D eigenvalue weighted by molar-refractivity contribution is -0.882. The number of hydrogen-bond donors (Lipinski definition) is 0. The topological polar surface area (TPSA) is 37.4 Å². The highest BCUT2D eigenvalue weighted by atomic mass is 16.2. The van der Waals surface area contributed by atoms with Gasteiger partial charge in [-0.3, -0.25) is 14.5 Å². The molecule has 2 bridgehead atoms. The van der Waals surface area contributed by atoms with Crippen LogP contribution in [0.3, 0.4) is 0 Å². The van der Waals surface area contributed by atoms with Crippen LogP contribution in [0.25, 0.3) is 0 Å². The predicted octanol–water partition coefficient (Wildman–Crippen LogP) is 0.503. The van der Waals surface area contributed by atoms with Crippen LogP contribution in [0.1, 0.15) is 6.42 Å². The normalized spacial score (nSPS) is 34.8. The summed E-state index contributed by atoms with van der Waals surface area (Å²) < 4.78 is 0.633. The van der Waals surface area contributed by atoms with E-state index in [1.165, 1.54) is 4.90 Å².